The zero-order valence-electron chi connectivity index (χ0n) is 17.5. The van der Waals surface area contributed by atoms with E-state index < -0.39 is 0 Å². The molecule has 2 atom stereocenters. The lowest BCUT2D eigenvalue weighted by molar-refractivity contribution is -0.885. The largest absolute Gasteiger partial charge is 0.348 e. The number of aromatic nitrogens is 1. The van der Waals surface area contributed by atoms with E-state index in [1.165, 1.54) is 10.3 Å². The minimum atomic E-state index is -0.331. The second-order valence-electron chi connectivity index (χ2n) is 8.14. The van der Waals surface area contributed by atoms with Crippen molar-refractivity contribution in [2.75, 3.05) is 18.9 Å². The number of nitrogens with zero attached hydrogens (tertiary/aromatic N) is 1. The highest BCUT2D eigenvalue weighted by molar-refractivity contribution is 7.21. The van der Waals surface area contributed by atoms with E-state index in [2.05, 4.69) is 29.7 Å². The van der Waals surface area contributed by atoms with Gasteiger partial charge in [-0.3, -0.25) is 9.59 Å². The quantitative estimate of drug-likeness (QED) is 0.546. The van der Waals surface area contributed by atoms with Crippen molar-refractivity contribution in [2.24, 2.45) is 0 Å². The number of amides is 2. The van der Waals surface area contributed by atoms with Crippen LogP contribution in [-0.2, 0) is 9.59 Å². The van der Waals surface area contributed by atoms with Gasteiger partial charge in [0.1, 0.15) is 5.01 Å². The average Bonchev–Trinajstić information content (AvgIpc) is 3.43. The number of carbonyl (C=O) groups is 2. The molecular formula is C23H27N4O2S+. The van der Waals surface area contributed by atoms with Gasteiger partial charge < -0.3 is 15.5 Å². The van der Waals surface area contributed by atoms with E-state index in [0.29, 0.717) is 12.6 Å². The Morgan fingerprint density at radius 3 is 2.63 bits per heavy atom. The normalized spacial score (nSPS) is 15.6. The van der Waals surface area contributed by atoms with E-state index in [4.69, 9.17) is 4.98 Å². The number of thiazole rings is 1. The Morgan fingerprint density at radius 1 is 1.20 bits per heavy atom. The van der Waals surface area contributed by atoms with E-state index in [0.717, 1.165) is 39.5 Å². The topological polar surface area (TPSA) is 75.5 Å². The first-order valence-electron chi connectivity index (χ1n) is 10.3. The van der Waals surface area contributed by atoms with Crippen LogP contribution in [-0.4, -0.2) is 42.5 Å². The molecule has 2 amide bonds. The molecule has 1 saturated carbocycles. The zero-order valence-corrected chi connectivity index (χ0v) is 18.3. The summed E-state index contributed by atoms with van der Waals surface area (Å²) in [5.74, 6) is -0.0973. The third-order valence-corrected chi connectivity index (χ3v) is 6.52. The van der Waals surface area contributed by atoms with E-state index in [1.54, 1.807) is 11.3 Å². The number of benzene rings is 2. The molecule has 1 unspecified atom stereocenters. The highest BCUT2D eigenvalue weighted by atomic mass is 32.1. The van der Waals surface area contributed by atoms with Crippen LogP contribution in [0.5, 0.6) is 0 Å². The van der Waals surface area contributed by atoms with Crippen LogP contribution in [0.25, 0.3) is 20.8 Å². The molecule has 3 N–H and O–H groups in total. The van der Waals surface area contributed by atoms with Crippen molar-refractivity contribution < 1.29 is 14.5 Å². The van der Waals surface area contributed by atoms with Gasteiger partial charge in [-0.2, -0.15) is 0 Å². The second-order valence-corrected chi connectivity index (χ2v) is 9.17. The Labute approximate surface area is 180 Å². The number of anilines is 1. The third kappa shape index (κ3) is 4.86. The molecule has 0 bridgehead atoms. The van der Waals surface area contributed by atoms with Gasteiger partial charge >= 0.3 is 0 Å². The van der Waals surface area contributed by atoms with Gasteiger partial charge in [-0.25, -0.2) is 4.98 Å². The van der Waals surface area contributed by atoms with E-state index in [1.807, 2.05) is 44.3 Å². The Hall–Kier alpha value is -2.77. The van der Waals surface area contributed by atoms with Crippen molar-refractivity contribution in [3.63, 3.8) is 0 Å². The van der Waals surface area contributed by atoms with E-state index in [9.17, 15) is 9.59 Å². The fourth-order valence-corrected chi connectivity index (χ4v) is 4.31. The van der Waals surface area contributed by atoms with Gasteiger partial charge in [0, 0.05) is 17.3 Å². The number of hydrogen-bond acceptors (Lipinski definition) is 4. The van der Waals surface area contributed by atoms with Gasteiger partial charge in [-0.1, -0.05) is 6.07 Å². The zero-order chi connectivity index (χ0) is 21.3. The van der Waals surface area contributed by atoms with Gasteiger partial charge in [-0.15, -0.1) is 11.3 Å². The maximum Gasteiger partial charge on any atom is 0.282 e. The molecule has 1 aliphatic rings. The molecule has 3 aromatic rings. The fraction of sp³-hybridized carbons (Fsp3) is 0.348. The molecule has 1 aromatic heterocycles. The first kappa shape index (κ1) is 20.5. The first-order chi connectivity index (χ1) is 14.4. The number of quaternary nitrogens is 1. The minimum absolute atomic E-state index is 0.00466. The summed E-state index contributed by atoms with van der Waals surface area (Å²) in [7, 11) is 1.87. The molecule has 0 radical (unpaired) electrons. The summed E-state index contributed by atoms with van der Waals surface area (Å²) in [5, 5.41) is 6.88. The number of hydrogen-bond donors (Lipinski definition) is 3. The summed E-state index contributed by atoms with van der Waals surface area (Å²) in [4.78, 5) is 30.2. The second kappa shape index (κ2) is 8.53. The van der Waals surface area contributed by atoms with Crippen LogP contribution in [0.2, 0.25) is 0 Å². The van der Waals surface area contributed by atoms with Crippen LogP contribution in [0.15, 0.2) is 42.5 Å². The Morgan fingerprint density at radius 2 is 1.93 bits per heavy atom. The number of rotatable bonds is 7. The van der Waals surface area contributed by atoms with E-state index >= 15 is 0 Å². The highest BCUT2D eigenvalue weighted by Gasteiger charge is 2.28. The van der Waals surface area contributed by atoms with Crippen molar-refractivity contribution in [1.29, 1.82) is 0 Å². The molecule has 156 valence electrons. The van der Waals surface area contributed by atoms with Gasteiger partial charge in [0.25, 0.3) is 11.8 Å². The molecule has 30 heavy (non-hydrogen) atoms. The average molecular weight is 424 g/mol. The van der Waals surface area contributed by atoms with Crippen LogP contribution in [0.4, 0.5) is 5.69 Å². The Kier molecular flexibility index (Phi) is 5.83. The van der Waals surface area contributed by atoms with Crippen molar-refractivity contribution in [3.8, 4) is 10.6 Å². The van der Waals surface area contributed by atoms with Crippen molar-refractivity contribution in [1.82, 2.24) is 10.3 Å². The van der Waals surface area contributed by atoms with Crippen LogP contribution in [0.1, 0.15) is 25.3 Å². The summed E-state index contributed by atoms with van der Waals surface area (Å²) in [6.07, 6.45) is 2.13. The number of likely N-dealkylation sites (N-methyl/N-ethyl adjacent to an activating group) is 1. The molecule has 6 nitrogen and oxygen atoms in total. The number of nitrogens with one attached hydrogen (secondary N) is 3. The minimum Gasteiger partial charge on any atom is -0.348 e. The molecule has 1 heterocycles. The Bertz CT molecular complexity index is 1070. The molecule has 1 fully saturated rings. The van der Waals surface area contributed by atoms with Gasteiger partial charge in [-0.05, 0) is 68.7 Å². The lowest BCUT2D eigenvalue weighted by Gasteiger charge is -2.20. The highest BCUT2D eigenvalue weighted by Crippen LogP contribution is 2.31. The summed E-state index contributed by atoms with van der Waals surface area (Å²) in [6, 6.07) is 14.0. The van der Waals surface area contributed by atoms with Crippen molar-refractivity contribution in [3.05, 3.63) is 48.0 Å². The van der Waals surface area contributed by atoms with Crippen molar-refractivity contribution >= 4 is 39.1 Å². The predicted molar refractivity (Wildman–Crippen MR) is 121 cm³/mol. The van der Waals surface area contributed by atoms with Gasteiger partial charge in [0.15, 0.2) is 12.6 Å². The third-order valence-electron chi connectivity index (χ3n) is 5.46. The fourth-order valence-electron chi connectivity index (χ4n) is 3.24. The number of carbonyl (C=O) groups excluding carboxylic acids is 2. The first-order valence-corrected chi connectivity index (χ1v) is 11.1. The standard InChI is InChI=1S/C23H26N4O2S/c1-14-4-11-19-20(12-14)30-23(26-19)16-5-7-18(8-6-16)25-22(29)15(2)27(3)13-21(28)24-17-9-10-17/h4-8,11-12,15,17H,9-10,13H2,1-3H3,(H,24,28)(H,25,29)/p+1/t15-/m1/s1. The van der Waals surface area contributed by atoms with Crippen LogP contribution < -0.4 is 15.5 Å². The smallest absolute Gasteiger partial charge is 0.282 e. The summed E-state index contributed by atoms with van der Waals surface area (Å²) >= 11 is 1.67. The molecule has 0 spiro atoms. The molecule has 4 rings (SSSR count). The number of aryl methyl sites for hydroxylation is 1. The van der Waals surface area contributed by atoms with Crippen molar-refractivity contribution in [2.45, 2.75) is 38.8 Å². The summed E-state index contributed by atoms with van der Waals surface area (Å²) in [6.45, 7) is 4.21. The maximum absolute atomic E-state index is 12.6. The van der Waals surface area contributed by atoms with E-state index in [-0.39, 0.29) is 17.9 Å². The monoisotopic (exact) mass is 423 g/mol. The molecule has 2 aromatic carbocycles. The molecule has 0 aliphatic heterocycles. The molecule has 7 heteroatoms. The lowest BCUT2D eigenvalue weighted by Crippen LogP contribution is -3.15. The van der Waals surface area contributed by atoms with Gasteiger partial charge in [0.2, 0.25) is 0 Å². The summed E-state index contributed by atoms with van der Waals surface area (Å²) in [5.41, 5.74) is 3.99. The summed E-state index contributed by atoms with van der Waals surface area (Å²) < 4.78 is 1.17. The van der Waals surface area contributed by atoms with Crippen LogP contribution in [0.3, 0.4) is 0 Å². The molecule has 1 aliphatic carbocycles. The van der Waals surface area contributed by atoms with Crippen LogP contribution in [0, 0.1) is 6.92 Å². The van der Waals surface area contributed by atoms with Gasteiger partial charge in [0.05, 0.1) is 17.3 Å². The molecular weight excluding hydrogens is 396 g/mol. The Balaban J connectivity index is 1.37. The SMILES string of the molecule is Cc1ccc2nc(-c3ccc(NC(=O)[C@@H](C)[NH+](C)CC(=O)NC4CC4)cc3)sc2c1. The molecule has 0 saturated heterocycles. The lowest BCUT2D eigenvalue weighted by atomic mass is 10.2. The maximum atomic E-state index is 12.6. The predicted octanol–water partition coefficient (Wildman–Crippen LogP) is 2.39. The van der Waals surface area contributed by atoms with Crippen LogP contribution >= 0.6 is 11.3 Å². The number of fused-ring (bicyclic) bond motifs is 1.